The molecule has 1 fully saturated rings. The lowest BCUT2D eigenvalue weighted by molar-refractivity contribution is -0.133. The van der Waals surface area contributed by atoms with E-state index in [1.165, 1.54) is 0 Å². The molecule has 0 bridgehead atoms. The van der Waals surface area contributed by atoms with Crippen molar-refractivity contribution in [3.63, 3.8) is 0 Å². The molecule has 1 unspecified atom stereocenters. The molecule has 6 heteroatoms. The molecule has 0 spiro atoms. The molecule has 0 saturated carbocycles. The third-order valence-electron chi connectivity index (χ3n) is 4.82. The average Bonchev–Trinajstić information content (AvgIpc) is 2.99. The lowest BCUT2D eigenvalue weighted by Crippen LogP contribution is -2.45. The van der Waals surface area contributed by atoms with Gasteiger partial charge in [0, 0.05) is 31.6 Å². The second kappa shape index (κ2) is 8.01. The van der Waals surface area contributed by atoms with Crippen molar-refractivity contribution in [1.29, 1.82) is 0 Å². The van der Waals surface area contributed by atoms with Crippen LogP contribution in [0.2, 0.25) is 0 Å². The van der Waals surface area contributed by atoms with Crippen LogP contribution in [-0.2, 0) is 4.79 Å². The van der Waals surface area contributed by atoms with Crippen LogP contribution in [0.4, 0.5) is 0 Å². The Morgan fingerprint density at radius 3 is 2.71 bits per heavy atom. The van der Waals surface area contributed by atoms with Crippen LogP contribution in [-0.4, -0.2) is 48.4 Å². The van der Waals surface area contributed by atoms with Gasteiger partial charge >= 0.3 is 0 Å². The standard InChI is InChI=1S/C18H25N3O2.ClH/c1-13(17-11-14-5-3-4-6-16(14)23-17)20(2)18(22)12-21-9-7-15(19)8-10-21;/h3-6,11,13,15H,7-10,12,19H2,1-2H3;1H. The summed E-state index contributed by atoms with van der Waals surface area (Å²) in [6, 6.07) is 10.1. The second-order valence-corrected chi connectivity index (χ2v) is 6.48. The Bertz CT molecular complexity index is 647. The zero-order valence-electron chi connectivity index (χ0n) is 14.3. The van der Waals surface area contributed by atoms with Gasteiger partial charge in [0.2, 0.25) is 5.91 Å². The van der Waals surface area contributed by atoms with Gasteiger partial charge in [0.25, 0.3) is 0 Å². The summed E-state index contributed by atoms with van der Waals surface area (Å²) in [5.74, 6) is 0.941. The molecule has 2 N–H and O–H groups in total. The number of benzene rings is 1. The number of fused-ring (bicyclic) bond motifs is 1. The van der Waals surface area contributed by atoms with E-state index in [9.17, 15) is 4.79 Å². The Hall–Kier alpha value is -1.56. The topological polar surface area (TPSA) is 62.7 Å². The van der Waals surface area contributed by atoms with Crippen molar-refractivity contribution in [3.05, 3.63) is 36.1 Å². The van der Waals surface area contributed by atoms with E-state index in [2.05, 4.69) is 4.90 Å². The molecule has 1 aliphatic rings. The van der Waals surface area contributed by atoms with E-state index >= 15 is 0 Å². The Morgan fingerprint density at radius 2 is 2.04 bits per heavy atom. The number of carbonyl (C=O) groups is 1. The second-order valence-electron chi connectivity index (χ2n) is 6.48. The summed E-state index contributed by atoms with van der Waals surface area (Å²) in [6.07, 6.45) is 1.94. The molecule has 1 aliphatic heterocycles. The third kappa shape index (κ3) is 4.09. The summed E-state index contributed by atoms with van der Waals surface area (Å²) < 4.78 is 5.88. The van der Waals surface area contributed by atoms with E-state index < -0.39 is 0 Å². The summed E-state index contributed by atoms with van der Waals surface area (Å²) in [5, 5.41) is 1.07. The number of hydrogen-bond donors (Lipinski definition) is 1. The normalized spacial score (nSPS) is 17.5. The van der Waals surface area contributed by atoms with Gasteiger partial charge in [0.05, 0.1) is 12.6 Å². The third-order valence-corrected chi connectivity index (χ3v) is 4.82. The van der Waals surface area contributed by atoms with E-state index in [-0.39, 0.29) is 30.4 Å². The Balaban J connectivity index is 0.00000208. The molecule has 1 amide bonds. The van der Waals surface area contributed by atoms with Gasteiger partial charge in [-0.15, -0.1) is 12.4 Å². The van der Waals surface area contributed by atoms with Gasteiger partial charge < -0.3 is 15.1 Å². The number of halogens is 1. The molecule has 3 rings (SSSR count). The van der Waals surface area contributed by atoms with Crippen LogP contribution in [0, 0.1) is 0 Å². The number of likely N-dealkylation sites (N-methyl/N-ethyl adjacent to an activating group) is 1. The van der Waals surface area contributed by atoms with Crippen molar-refractivity contribution in [1.82, 2.24) is 9.80 Å². The number of amides is 1. The summed E-state index contributed by atoms with van der Waals surface area (Å²) in [4.78, 5) is 16.5. The lowest BCUT2D eigenvalue weighted by atomic mass is 10.1. The Labute approximate surface area is 149 Å². The van der Waals surface area contributed by atoms with E-state index in [1.54, 1.807) is 4.90 Å². The molecule has 1 aromatic heterocycles. The quantitative estimate of drug-likeness (QED) is 0.920. The molecule has 1 saturated heterocycles. The maximum absolute atomic E-state index is 12.5. The first kappa shape index (κ1) is 18.8. The van der Waals surface area contributed by atoms with Crippen LogP contribution in [0.15, 0.2) is 34.7 Å². The molecule has 5 nitrogen and oxygen atoms in total. The predicted molar refractivity (Wildman–Crippen MR) is 98.3 cm³/mol. The van der Waals surface area contributed by atoms with Crippen molar-refractivity contribution in [2.24, 2.45) is 5.73 Å². The minimum Gasteiger partial charge on any atom is -0.459 e. The number of likely N-dealkylation sites (tertiary alicyclic amines) is 1. The highest BCUT2D eigenvalue weighted by Gasteiger charge is 2.24. The van der Waals surface area contributed by atoms with Crippen molar-refractivity contribution in [2.45, 2.75) is 31.8 Å². The molecular formula is C18H26ClN3O2. The van der Waals surface area contributed by atoms with Gasteiger partial charge in [-0.2, -0.15) is 0 Å². The van der Waals surface area contributed by atoms with Gasteiger partial charge in [-0.1, -0.05) is 18.2 Å². The summed E-state index contributed by atoms with van der Waals surface area (Å²) in [5.41, 5.74) is 6.78. The van der Waals surface area contributed by atoms with Gasteiger partial charge in [-0.3, -0.25) is 9.69 Å². The van der Waals surface area contributed by atoms with Crippen LogP contribution in [0.5, 0.6) is 0 Å². The smallest absolute Gasteiger partial charge is 0.237 e. The maximum Gasteiger partial charge on any atom is 0.237 e. The van der Waals surface area contributed by atoms with Gasteiger partial charge in [0.15, 0.2) is 0 Å². The average molecular weight is 352 g/mol. The minimum absolute atomic E-state index is 0. The number of nitrogens with two attached hydrogens (primary N) is 1. The van der Waals surface area contributed by atoms with E-state index in [4.69, 9.17) is 10.2 Å². The zero-order valence-corrected chi connectivity index (χ0v) is 15.1. The number of carbonyl (C=O) groups excluding carboxylic acids is 1. The maximum atomic E-state index is 12.5. The van der Waals surface area contributed by atoms with E-state index in [1.807, 2.05) is 44.3 Å². The number of hydrogen-bond acceptors (Lipinski definition) is 4. The molecule has 132 valence electrons. The highest BCUT2D eigenvalue weighted by molar-refractivity contribution is 5.85. The predicted octanol–water partition coefficient (Wildman–Crippen LogP) is 2.80. The Morgan fingerprint density at radius 1 is 1.38 bits per heavy atom. The lowest BCUT2D eigenvalue weighted by Gasteiger charge is -2.32. The summed E-state index contributed by atoms with van der Waals surface area (Å²) >= 11 is 0. The number of para-hydroxylation sites is 1. The van der Waals surface area contributed by atoms with Crippen LogP contribution in [0.25, 0.3) is 11.0 Å². The Kier molecular flexibility index (Phi) is 6.27. The van der Waals surface area contributed by atoms with Crippen LogP contribution < -0.4 is 5.73 Å². The molecule has 2 heterocycles. The van der Waals surface area contributed by atoms with Gasteiger partial charge in [-0.25, -0.2) is 0 Å². The SMILES string of the molecule is CC(c1cc2ccccc2o1)N(C)C(=O)CN1CCC(N)CC1.Cl. The van der Waals surface area contributed by atoms with Crippen molar-refractivity contribution < 1.29 is 9.21 Å². The van der Waals surface area contributed by atoms with E-state index in [0.29, 0.717) is 6.54 Å². The van der Waals surface area contributed by atoms with Crippen molar-refractivity contribution in [3.8, 4) is 0 Å². The number of furan rings is 1. The van der Waals surface area contributed by atoms with Crippen molar-refractivity contribution >= 4 is 29.3 Å². The monoisotopic (exact) mass is 351 g/mol. The first-order valence-corrected chi connectivity index (χ1v) is 8.26. The molecule has 1 atom stereocenters. The minimum atomic E-state index is -0.0815. The first-order chi connectivity index (χ1) is 11.0. The summed E-state index contributed by atoms with van der Waals surface area (Å²) in [6.45, 7) is 4.26. The van der Waals surface area contributed by atoms with Gasteiger partial charge in [-0.05, 0) is 31.9 Å². The molecule has 1 aromatic carbocycles. The van der Waals surface area contributed by atoms with Crippen LogP contribution in [0.1, 0.15) is 31.6 Å². The van der Waals surface area contributed by atoms with E-state index in [0.717, 1.165) is 42.7 Å². The fraction of sp³-hybridized carbons (Fsp3) is 0.500. The molecule has 0 radical (unpaired) electrons. The molecule has 2 aromatic rings. The molecule has 0 aliphatic carbocycles. The summed E-state index contributed by atoms with van der Waals surface area (Å²) in [7, 11) is 1.84. The first-order valence-electron chi connectivity index (χ1n) is 8.26. The fourth-order valence-electron chi connectivity index (χ4n) is 3.03. The molecular weight excluding hydrogens is 326 g/mol. The highest BCUT2D eigenvalue weighted by Crippen LogP contribution is 2.26. The number of rotatable bonds is 4. The van der Waals surface area contributed by atoms with Crippen molar-refractivity contribution in [2.75, 3.05) is 26.7 Å². The fourth-order valence-corrected chi connectivity index (χ4v) is 3.03. The number of nitrogens with zero attached hydrogens (tertiary/aromatic N) is 2. The highest BCUT2D eigenvalue weighted by atomic mass is 35.5. The molecule has 24 heavy (non-hydrogen) atoms. The van der Waals surface area contributed by atoms with Gasteiger partial charge in [0.1, 0.15) is 11.3 Å². The van der Waals surface area contributed by atoms with Crippen LogP contribution in [0.3, 0.4) is 0 Å². The van der Waals surface area contributed by atoms with Crippen LogP contribution >= 0.6 is 12.4 Å². The zero-order chi connectivity index (χ0) is 16.4. The largest absolute Gasteiger partial charge is 0.459 e. The number of piperidine rings is 1.